The Balaban J connectivity index is 1.56. The zero-order chi connectivity index (χ0) is 29.7. The predicted molar refractivity (Wildman–Crippen MR) is 150 cm³/mol. The van der Waals surface area contributed by atoms with Gasteiger partial charge >= 0.3 is 7.82 Å². The van der Waals surface area contributed by atoms with Crippen LogP contribution in [0.2, 0.25) is 0 Å². The topological polar surface area (TPSA) is 160 Å². The van der Waals surface area contributed by atoms with E-state index in [0.29, 0.717) is 34.3 Å². The molecule has 0 aliphatic carbocycles. The van der Waals surface area contributed by atoms with Crippen LogP contribution < -0.4 is 30.2 Å². The van der Waals surface area contributed by atoms with Crippen LogP contribution in [0.15, 0.2) is 72.8 Å². The monoisotopic (exact) mass is 587 g/mol. The molecule has 3 amide bonds. The summed E-state index contributed by atoms with van der Waals surface area (Å²) in [5, 5.41) is 7.90. The van der Waals surface area contributed by atoms with E-state index < -0.39 is 28.2 Å². The highest BCUT2D eigenvalue weighted by molar-refractivity contribution is 7.48. The minimum absolute atomic E-state index is 0.214. The number of phosphoric ester groups is 1. The van der Waals surface area contributed by atoms with Gasteiger partial charge in [-0.1, -0.05) is 0 Å². The molecule has 14 heteroatoms. The highest BCUT2D eigenvalue weighted by Gasteiger charge is 2.28. The van der Waals surface area contributed by atoms with Crippen molar-refractivity contribution in [3.63, 3.8) is 0 Å². The molecule has 0 saturated carbocycles. The van der Waals surface area contributed by atoms with Gasteiger partial charge < -0.3 is 30.2 Å². The van der Waals surface area contributed by atoms with Gasteiger partial charge in [-0.15, -0.1) is 0 Å². The third-order valence-corrected chi connectivity index (χ3v) is 6.10. The number of anilines is 3. The minimum atomic E-state index is -4.26. The number of ether oxygens (including phenoxy) is 3. The van der Waals surface area contributed by atoms with E-state index in [-0.39, 0.29) is 17.7 Å². The molecule has 0 aromatic heterocycles. The first-order chi connectivity index (χ1) is 19.6. The summed E-state index contributed by atoms with van der Waals surface area (Å²) in [7, 11) is -4.26. The molecular weight excluding hydrogens is 557 g/mol. The second kappa shape index (κ2) is 15.4. The maximum Gasteiger partial charge on any atom is 0.483 e. The molecule has 13 nitrogen and oxygen atoms in total. The molecule has 41 heavy (non-hydrogen) atoms. The molecule has 0 spiro atoms. The lowest BCUT2D eigenvalue weighted by Gasteiger charge is -2.19. The highest BCUT2D eigenvalue weighted by atomic mass is 31.2. The molecule has 0 atom stereocenters. The Hall–Kier alpha value is -4.42. The molecule has 0 aliphatic rings. The van der Waals surface area contributed by atoms with Gasteiger partial charge in [-0.25, -0.2) is 18.1 Å². The Morgan fingerprint density at radius 1 is 0.512 bits per heavy atom. The first-order valence-corrected chi connectivity index (χ1v) is 13.6. The summed E-state index contributed by atoms with van der Waals surface area (Å²) in [6, 6.07) is 19.3. The lowest BCUT2D eigenvalue weighted by Crippen LogP contribution is -2.12. The van der Waals surface area contributed by atoms with Gasteiger partial charge in [0, 0.05) is 37.8 Å². The average Bonchev–Trinajstić information content (AvgIpc) is 2.91. The quantitative estimate of drug-likeness (QED) is 0.161. The van der Waals surface area contributed by atoms with Crippen molar-refractivity contribution in [1.29, 1.82) is 0 Å². The molecule has 3 aromatic carbocycles. The predicted octanol–water partition coefficient (Wildman–Crippen LogP) is 5.13. The van der Waals surface area contributed by atoms with Crippen LogP contribution in [-0.2, 0) is 32.5 Å². The van der Waals surface area contributed by atoms with Crippen LogP contribution in [0.4, 0.5) is 17.1 Å². The molecule has 0 heterocycles. The number of rotatable bonds is 15. The number of hydrogen-bond donors (Lipinski definition) is 3. The summed E-state index contributed by atoms with van der Waals surface area (Å²) >= 11 is 0. The summed E-state index contributed by atoms with van der Waals surface area (Å²) < 4.78 is 45.5. The zero-order valence-electron chi connectivity index (χ0n) is 22.6. The lowest BCUT2D eigenvalue weighted by molar-refractivity contribution is -0.115. The van der Waals surface area contributed by atoms with Gasteiger partial charge in [0.25, 0.3) is 0 Å². The Labute approximate surface area is 236 Å². The van der Waals surface area contributed by atoms with Gasteiger partial charge in [0.15, 0.2) is 20.4 Å². The van der Waals surface area contributed by atoms with Gasteiger partial charge in [-0.2, -0.15) is 0 Å². The number of carbonyl (C=O) groups excluding carboxylic acids is 3. The van der Waals surface area contributed by atoms with Crippen LogP contribution in [0.5, 0.6) is 17.2 Å². The number of nitrogens with one attached hydrogen (secondary N) is 3. The smallest absolute Gasteiger partial charge is 0.467 e. The zero-order valence-corrected chi connectivity index (χ0v) is 23.5. The Bertz CT molecular complexity index is 1180. The summed E-state index contributed by atoms with van der Waals surface area (Å²) in [5.41, 5.74) is 1.73. The van der Waals surface area contributed by atoms with Crippen LogP contribution in [-0.4, -0.2) is 38.1 Å². The summed E-state index contributed by atoms with van der Waals surface area (Å²) in [6.07, 6.45) is 0. The van der Waals surface area contributed by atoms with Crippen molar-refractivity contribution in [2.24, 2.45) is 0 Å². The summed E-state index contributed by atoms with van der Waals surface area (Å²) in [6.45, 7) is 2.66. The Morgan fingerprint density at radius 3 is 0.976 bits per heavy atom. The van der Waals surface area contributed by atoms with Crippen LogP contribution >= 0.6 is 7.82 Å². The first kappa shape index (κ1) is 31.1. The van der Waals surface area contributed by atoms with Crippen molar-refractivity contribution in [2.45, 2.75) is 20.8 Å². The van der Waals surface area contributed by atoms with Crippen molar-refractivity contribution in [3.05, 3.63) is 72.8 Å². The number of phosphoric acid groups is 1. The molecule has 3 rings (SSSR count). The molecule has 0 saturated heterocycles. The summed E-state index contributed by atoms with van der Waals surface area (Å²) in [4.78, 5) is 33.5. The highest BCUT2D eigenvalue weighted by Crippen LogP contribution is 2.49. The third kappa shape index (κ3) is 11.7. The molecule has 3 N–H and O–H groups in total. The van der Waals surface area contributed by atoms with Gasteiger partial charge in [0.05, 0.1) is 0 Å². The fourth-order valence-electron chi connectivity index (χ4n) is 3.10. The summed E-state index contributed by atoms with van der Waals surface area (Å²) in [5.74, 6) is 0.474. The van der Waals surface area contributed by atoms with E-state index in [1.54, 1.807) is 72.8 Å². The Morgan fingerprint density at radius 2 is 0.756 bits per heavy atom. The molecule has 0 fully saturated rings. The normalized spacial score (nSPS) is 10.8. The maximum absolute atomic E-state index is 13.3. The van der Waals surface area contributed by atoms with E-state index in [1.807, 2.05) is 0 Å². The number of hydrogen-bond acceptors (Lipinski definition) is 10. The van der Waals surface area contributed by atoms with Crippen LogP contribution in [0.1, 0.15) is 20.8 Å². The fourth-order valence-corrected chi connectivity index (χ4v) is 3.87. The van der Waals surface area contributed by atoms with Gasteiger partial charge in [0.2, 0.25) is 17.7 Å². The molecule has 0 bridgehead atoms. The third-order valence-electron chi connectivity index (χ3n) is 4.83. The van der Waals surface area contributed by atoms with Crippen molar-refractivity contribution in [2.75, 3.05) is 36.3 Å². The van der Waals surface area contributed by atoms with E-state index in [1.165, 1.54) is 20.8 Å². The minimum Gasteiger partial charge on any atom is -0.467 e. The number of benzene rings is 3. The van der Waals surface area contributed by atoms with Gasteiger partial charge in [-0.05, 0) is 72.8 Å². The van der Waals surface area contributed by atoms with Crippen LogP contribution in [0, 0.1) is 0 Å². The van der Waals surface area contributed by atoms with E-state index in [9.17, 15) is 18.9 Å². The molecule has 0 aliphatic heterocycles. The van der Waals surface area contributed by atoms with E-state index in [0.717, 1.165) is 0 Å². The fraction of sp³-hybridized carbons (Fsp3) is 0.222. The number of amides is 3. The van der Waals surface area contributed by atoms with E-state index in [4.69, 9.17) is 27.8 Å². The van der Waals surface area contributed by atoms with E-state index >= 15 is 0 Å². The van der Waals surface area contributed by atoms with E-state index in [2.05, 4.69) is 16.0 Å². The van der Waals surface area contributed by atoms with Crippen LogP contribution in [0.3, 0.4) is 0 Å². The van der Waals surface area contributed by atoms with Crippen LogP contribution in [0.25, 0.3) is 0 Å². The molecule has 3 aromatic rings. The van der Waals surface area contributed by atoms with Crippen molar-refractivity contribution >= 4 is 42.6 Å². The van der Waals surface area contributed by atoms with Gasteiger partial charge in [-0.3, -0.25) is 14.4 Å². The van der Waals surface area contributed by atoms with Gasteiger partial charge in [0.1, 0.15) is 17.2 Å². The lowest BCUT2D eigenvalue weighted by atomic mass is 10.3. The second-order valence-electron chi connectivity index (χ2n) is 8.24. The maximum atomic E-state index is 13.3. The molecule has 0 unspecified atom stereocenters. The SMILES string of the molecule is CC(=O)Nc1ccc(OCOP(=O)(OCOc2ccc(NC(C)=O)cc2)OCOc2ccc(NC(C)=O)cc2)cc1. The van der Waals surface area contributed by atoms with Crippen molar-refractivity contribution in [1.82, 2.24) is 0 Å². The average molecular weight is 588 g/mol. The standard InChI is InChI=1S/C27H30N3O10P/c1-19(31)28-22-4-10-25(11-5-22)35-16-38-41(34,39-17-36-26-12-6-23(7-13-26)29-20(2)32)40-18-37-27-14-8-24(9-15-27)30-21(3)33/h4-15H,16-18H2,1-3H3,(H,28,31)(H,29,32)(H,30,33). The molecular formula is C27H30N3O10P. The van der Waals surface area contributed by atoms with Crippen molar-refractivity contribution < 1.29 is 46.7 Å². The molecule has 0 radical (unpaired) electrons. The largest absolute Gasteiger partial charge is 0.483 e. The second-order valence-corrected chi connectivity index (χ2v) is 9.91. The first-order valence-electron chi connectivity index (χ1n) is 12.2. The van der Waals surface area contributed by atoms with Crippen molar-refractivity contribution in [3.8, 4) is 17.2 Å². The Kier molecular flexibility index (Phi) is 11.7. The number of carbonyl (C=O) groups is 3. The molecule has 218 valence electrons.